The number of fused-ring (bicyclic) bond motifs is 1. The highest BCUT2D eigenvalue weighted by atomic mass is 19.1. The summed E-state index contributed by atoms with van der Waals surface area (Å²) < 4.78 is 15.8. The number of nitrogens with one attached hydrogen (secondary N) is 1. The Balaban J connectivity index is 1.61. The average molecular weight is 357 g/mol. The number of nitrogens with zero attached hydrogens (tertiary/aromatic N) is 4. The molecule has 2 aliphatic rings. The van der Waals surface area contributed by atoms with Crippen molar-refractivity contribution in [1.29, 1.82) is 0 Å². The highest BCUT2D eigenvalue weighted by Gasteiger charge is 2.40. The molecule has 136 valence electrons. The predicted octanol–water partition coefficient (Wildman–Crippen LogP) is 1.13. The summed E-state index contributed by atoms with van der Waals surface area (Å²) in [5, 5.41) is 11.1. The fraction of sp³-hybridized carbons (Fsp3) is 0.444. The highest BCUT2D eigenvalue weighted by Crippen LogP contribution is 2.28. The Kier molecular flexibility index (Phi) is 4.18. The van der Waals surface area contributed by atoms with Crippen LogP contribution in [0.4, 0.5) is 4.39 Å². The van der Waals surface area contributed by atoms with E-state index in [0.717, 1.165) is 12.8 Å². The van der Waals surface area contributed by atoms with Gasteiger partial charge in [-0.3, -0.25) is 9.59 Å². The molecule has 1 saturated carbocycles. The molecule has 0 spiro atoms. The van der Waals surface area contributed by atoms with Crippen LogP contribution in [0.5, 0.6) is 0 Å². The van der Waals surface area contributed by atoms with Crippen LogP contribution in [0.15, 0.2) is 24.3 Å². The molecular weight excluding hydrogens is 337 g/mol. The molecule has 2 heterocycles. The van der Waals surface area contributed by atoms with Gasteiger partial charge in [0, 0.05) is 19.1 Å². The number of benzene rings is 1. The van der Waals surface area contributed by atoms with E-state index >= 15 is 0 Å². The van der Waals surface area contributed by atoms with Gasteiger partial charge in [-0.15, -0.1) is 10.2 Å². The van der Waals surface area contributed by atoms with Gasteiger partial charge in [0.05, 0.1) is 6.42 Å². The molecule has 0 radical (unpaired) electrons. The lowest BCUT2D eigenvalue weighted by Crippen LogP contribution is -2.50. The molecule has 1 N–H and O–H groups in total. The van der Waals surface area contributed by atoms with Gasteiger partial charge in [0.15, 0.2) is 11.9 Å². The number of aromatic nitrogens is 3. The van der Waals surface area contributed by atoms with Crippen molar-refractivity contribution in [1.82, 2.24) is 25.0 Å². The first-order chi connectivity index (χ1) is 12.5. The number of hydrogen-bond acceptors (Lipinski definition) is 4. The van der Waals surface area contributed by atoms with Gasteiger partial charge < -0.3 is 14.8 Å². The van der Waals surface area contributed by atoms with Crippen LogP contribution in [-0.4, -0.2) is 44.1 Å². The van der Waals surface area contributed by atoms with Crippen molar-refractivity contribution in [3.8, 4) is 0 Å². The van der Waals surface area contributed by atoms with E-state index in [4.69, 9.17) is 0 Å². The molecule has 1 aliphatic carbocycles. The zero-order valence-corrected chi connectivity index (χ0v) is 14.5. The van der Waals surface area contributed by atoms with E-state index in [9.17, 15) is 14.0 Å². The van der Waals surface area contributed by atoms with Crippen molar-refractivity contribution >= 4 is 11.8 Å². The fourth-order valence-electron chi connectivity index (χ4n) is 3.29. The van der Waals surface area contributed by atoms with E-state index in [1.807, 2.05) is 11.5 Å². The summed E-state index contributed by atoms with van der Waals surface area (Å²) in [6.07, 6.45) is 1.81. The molecule has 0 bridgehead atoms. The Hall–Kier alpha value is -2.77. The zero-order valence-electron chi connectivity index (χ0n) is 14.5. The molecular formula is C18H20FN5O2. The Labute approximate surface area is 150 Å². The number of carbonyl (C=O) groups excluding carboxylic acids is 2. The number of aryl methyl sites for hydroxylation is 1. The summed E-state index contributed by atoms with van der Waals surface area (Å²) in [6.45, 7) is 2.70. The minimum absolute atomic E-state index is 0.0903. The minimum atomic E-state index is -0.829. The van der Waals surface area contributed by atoms with E-state index in [0.29, 0.717) is 30.3 Å². The first kappa shape index (κ1) is 16.7. The van der Waals surface area contributed by atoms with Crippen LogP contribution in [0.25, 0.3) is 0 Å². The number of carbonyl (C=O) groups is 2. The Bertz CT molecular complexity index is 861. The van der Waals surface area contributed by atoms with E-state index in [-0.39, 0.29) is 24.3 Å². The second kappa shape index (κ2) is 6.51. The fourth-order valence-corrected chi connectivity index (χ4v) is 3.29. The van der Waals surface area contributed by atoms with E-state index in [1.54, 1.807) is 18.2 Å². The van der Waals surface area contributed by atoms with Gasteiger partial charge in [0.1, 0.15) is 11.6 Å². The smallest absolute Gasteiger partial charge is 0.251 e. The van der Waals surface area contributed by atoms with Crippen molar-refractivity contribution in [3.63, 3.8) is 0 Å². The molecule has 1 aromatic carbocycles. The van der Waals surface area contributed by atoms with Crippen LogP contribution in [-0.2, 0) is 22.6 Å². The topological polar surface area (TPSA) is 80.1 Å². The molecule has 1 fully saturated rings. The number of amides is 2. The summed E-state index contributed by atoms with van der Waals surface area (Å²) in [6, 6.07) is 5.54. The summed E-state index contributed by atoms with van der Waals surface area (Å²) in [7, 11) is 0. The van der Waals surface area contributed by atoms with Crippen LogP contribution in [0.1, 0.15) is 36.1 Å². The van der Waals surface area contributed by atoms with E-state index in [2.05, 4.69) is 15.5 Å². The Morgan fingerprint density at radius 3 is 2.73 bits per heavy atom. The van der Waals surface area contributed by atoms with Crippen molar-refractivity contribution < 1.29 is 14.0 Å². The van der Waals surface area contributed by atoms with Gasteiger partial charge in [-0.1, -0.05) is 18.2 Å². The van der Waals surface area contributed by atoms with Crippen LogP contribution in [0.2, 0.25) is 0 Å². The van der Waals surface area contributed by atoms with Crippen molar-refractivity contribution in [2.24, 2.45) is 0 Å². The summed E-state index contributed by atoms with van der Waals surface area (Å²) in [4.78, 5) is 27.2. The number of hydrogen-bond donors (Lipinski definition) is 1. The van der Waals surface area contributed by atoms with Gasteiger partial charge in [-0.05, 0) is 31.4 Å². The SMILES string of the molecule is Cc1nnc2n1CCN(C(=O)Cc1ccccc1F)C2C(=O)NC1CC1. The van der Waals surface area contributed by atoms with Crippen LogP contribution in [0, 0.1) is 12.7 Å². The maximum absolute atomic E-state index is 13.9. The highest BCUT2D eigenvalue weighted by molar-refractivity contribution is 5.89. The molecule has 1 aromatic heterocycles. The summed E-state index contributed by atoms with van der Waals surface area (Å²) >= 11 is 0. The molecule has 7 nitrogen and oxygen atoms in total. The summed E-state index contributed by atoms with van der Waals surface area (Å²) in [5.74, 6) is 0.218. The van der Waals surface area contributed by atoms with Crippen LogP contribution < -0.4 is 5.32 Å². The molecule has 4 rings (SSSR count). The predicted molar refractivity (Wildman–Crippen MR) is 90.5 cm³/mol. The minimum Gasteiger partial charge on any atom is -0.351 e. The van der Waals surface area contributed by atoms with Gasteiger partial charge in [-0.2, -0.15) is 0 Å². The molecule has 1 unspecified atom stereocenters. The average Bonchev–Trinajstić information content (AvgIpc) is 3.36. The molecule has 1 atom stereocenters. The Morgan fingerprint density at radius 1 is 1.23 bits per heavy atom. The zero-order chi connectivity index (χ0) is 18.3. The first-order valence-electron chi connectivity index (χ1n) is 8.77. The Morgan fingerprint density at radius 2 is 2.00 bits per heavy atom. The van der Waals surface area contributed by atoms with Crippen LogP contribution in [0.3, 0.4) is 0 Å². The molecule has 26 heavy (non-hydrogen) atoms. The largest absolute Gasteiger partial charge is 0.351 e. The standard InChI is InChI=1S/C18H20FN5O2/c1-11-21-22-17-16(18(26)20-13-6-7-13)24(9-8-23(11)17)15(25)10-12-4-2-3-5-14(12)19/h2-5,13,16H,6-10H2,1H3,(H,20,26). The lowest BCUT2D eigenvalue weighted by molar-refractivity contribution is -0.142. The normalized spacial score (nSPS) is 19.2. The van der Waals surface area contributed by atoms with E-state index < -0.39 is 11.9 Å². The number of rotatable bonds is 4. The molecule has 2 aromatic rings. The third-order valence-electron chi connectivity index (χ3n) is 4.88. The van der Waals surface area contributed by atoms with Gasteiger partial charge in [-0.25, -0.2) is 4.39 Å². The molecule has 1 aliphatic heterocycles. The van der Waals surface area contributed by atoms with E-state index in [1.165, 1.54) is 11.0 Å². The van der Waals surface area contributed by atoms with Crippen molar-refractivity contribution in [2.75, 3.05) is 6.54 Å². The van der Waals surface area contributed by atoms with Crippen molar-refractivity contribution in [2.45, 2.75) is 44.8 Å². The molecule has 8 heteroatoms. The maximum Gasteiger partial charge on any atom is 0.251 e. The third kappa shape index (κ3) is 3.07. The van der Waals surface area contributed by atoms with Gasteiger partial charge in [0.2, 0.25) is 5.91 Å². The van der Waals surface area contributed by atoms with Crippen LogP contribution >= 0.6 is 0 Å². The quantitative estimate of drug-likeness (QED) is 0.890. The maximum atomic E-state index is 13.9. The lowest BCUT2D eigenvalue weighted by Gasteiger charge is -2.35. The molecule has 0 saturated heterocycles. The second-order valence-corrected chi connectivity index (χ2v) is 6.80. The summed E-state index contributed by atoms with van der Waals surface area (Å²) in [5.41, 5.74) is 0.321. The monoisotopic (exact) mass is 357 g/mol. The third-order valence-corrected chi connectivity index (χ3v) is 4.88. The number of halogens is 1. The molecule has 2 amide bonds. The van der Waals surface area contributed by atoms with Gasteiger partial charge >= 0.3 is 0 Å². The second-order valence-electron chi connectivity index (χ2n) is 6.80. The van der Waals surface area contributed by atoms with Crippen molar-refractivity contribution in [3.05, 3.63) is 47.3 Å². The van der Waals surface area contributed by atoms with Gasteiger partial charge in [0.25, 0.3) is 5.91 Å². The first-order valence-corrected chi connectivity index (χ1v) is 8.77. The lowest BCUT2D eigenvalue weighted by atomic mass is 10.1.